The molecule has 2 aromatic carbocycles. The number of ether oxygens (including phenoxy) is 3. The molecule has 3 unspecified atom stereocenters. The molecule has 1 N–H and O–H groups in total. The summed E-state index contributed by atoms with van der Waals surface area (Å²) in [5.41, 5.74) is 1.57. The molecule has 1 saturated heterocycles. The van der Waals surface area contributed by atoms with E-state index in [1.165, 1.54) is 38.5 Å². The number of thioether (sulfide) groups is 2. The first-order valence-corrected chi connectivity index (χ1v) is 31.1. The highest BCUT2D eigenvalue weighted by Crippen LogP contribution is 2.74. The Morgan fingerprint density at radius 2 is 1.05 bits per heavy atom. The quantitative estimate of drug-likeness (QED) is 0.131. The molecular weight excluding hydrogens is 987 g/mol. The lowest BCUT2D eigenvalue weighted by Crippen LogP contribution is -2.67. The number of esters is 3. The minimum Gasteiger partial charge on any atom is -0.464 e. The van der Waals surface area contributed by atoms with Crippen LogP contribution in [0.1, 0.15) is 167 Å². The molecule has 12 aliphatic carbocycles. The minimum atomic E-state index is -6.14. The number of alkyl halides is 2. The standard InChI is InChI=1S/C59H76F2O9S3/c1-52(2,3)42-9-7-40(8-10-42)46-12-11-43(53(4,5)6)21-47(46)48-41-19-44-28-57(48,70-51(64)59(60,61)73(65,66)67)29-45(20-41)58(44)71-32-54(33-72-58,30-68-49(62)55-22-34-13-35(23-55)15-36(14-34)24-55)31-69-50(63)56-25-37-16-38(26-56)18-39(17-37)27-56/h7-12,21,34-39,41,44-45,48H,13-20,22-33H2,1-6H3,(H,65,66,67). The topological polar surface area (TPSA) is 133 Å². The maximum absolute atomic E-state index is 15.6. The number of carbonyl (C=O) groups is 3. The van der Waals surface area contributed by atoms with Gasteiger partial charge in [-0.05, 0) is 195 Å². The Kier molecular flexibility index (Phi) is 12.0. The Labute approximate surface area is 440 Å². The van der Waals surface area contributed by atoms with Crippen LogP contribution >= 0.6 is 23.5 Å². The van der Waals surface area contributed by atoms with Gasteiger partial charge in [-0.2, -0.15) is 17.2 Å². The van der Waals surface area contributed by atoms with E-state index in [0.717, 1.165) is 79.2 Å². The van der Waals surface area contributed by atoms with Gasteiger partial charge in [-0.3, -0.25) is 14.1 Å². The average Bonchev–Trinajstić information content (AvgIpc) is 3.30. The Morgan fingerprint density at radius 3 is 1.47 bits per heavy atom. The van der Waals surface area contributed by atoms with Crippen LogP contribution in [0, 0.1) is 69.5 Å². The molecule has 1 aliphatic heterocycles. The van der Waals surface area contributed by atoms with Crippen molar-refractivity contribution in [1.82, 2.24) is 0 Å². The first kappa shape index (κ1) is 51.1. The summed E-state index contributed by atoms with van der Waals surface area (Å²) in [6, 6.07) is 14.8. The van der Waals surface area contributed by atoms with Gasteiger partial charge in [0, 0.05) is 17.4 Å². The zero-order valence-corrected chi connectivity index (χ0v) is 46.1. The van der Waals surface area contributed by atoms with Gasteiger partial charge in [0.05, 0.1) is 20.3 Å². The Hall–Kier alpha value is -2.68. The fourth-order valence-electron chi connectivity index (χ4n) is 18.3. The van der Waals surface area contributed by atoms with Crippen LogP contribution < -0.4 is 0 Å². The third-order valence-corrected chi connectivity index (χ3v) is 26.1. The van der Waals surface area contributed by atoms with Crippen LogP contribution in [0.2, 0.25) is 0 Å². The van der Waals surface area contributed by atoms with E-state index in [2.05, 4.69) is 84.0 Å². The van der Waals surface area contributed by atoms with Crippen LogP contribution in [0.4, 0.5) is 8.78 Å². The maximum atomic E-state index is 15.6. The molecule has 9 nitrogen and oxygen atoms in total. The van der Waals surface area contributed by atoms with E-state index in [1.807, 2.05) is 23.5 Å². The molecule has 0 radical (unpaired) electrons. The van der Waals surface area contributed by atoms with E-state index in [9.17, 15) is 27.4 Å². The van der Waals surface area contributed by atoms with Gasteiger partial charge in [0.25, 0.3) is 0 Å². The average molecular weight is 1060 g/mol. The van der Waals surface area contributed by atoms with Gasteiger partial charge < -0.3 is 14.2 Å². The molecule has 12 bridgehead atoms. The smallest absolute Gasteiger partial charge is 0.464 e. The number of hydrogen-bond donors (Lipinski definition) is 1. The highest BCUT2D eigenvalue weighted by molar-refractivity contribution is 8.18. The van der Waals surface area contributed by atoms with Crippen LogP contribution in [0.5, 0.6) is 0 Å². The van der Waals surface area contributed by atoms with Crippen LogP contribution in [0.3, 0.4) is 0 Å². The lowest BCUT2D eigenvalue weighted by molar-refractivity contribution is -0.209. The van der Waals surface area contributed by atoms with Crippen LogP contribution in [-0.2, 0) is 49.5 Å². The molecule has 1 heterocycles. The van der Waals surface area contributed by atoms with Crippen molar-refractivity contribution in [2.24, 2.45) is 69.5 Å². The second-order valence-corrected chi connectivity index (χ2v) is 32.4. The second kappa shape index (κ2) is 17.2. The molecule has 3 atom stereocenters. The maximum Gasteiger partial charge on any atom is 0.465 e. The van der Waals surface area contributed by atoms with Crippen LogP contribution in [-0.4, -0.2) is 70.5 Å². The van der Waals surface area contributed by atoms with Gasteiger partial charge in [-0.1, -0.05) is 84.0 Å². The van der Waals surface area contributed by atoms with Crippen molar-refractivity contribution in [3.63, 3.8) is 0 Å². The molecule has 14 heteroatoms. The molecule has 13 aliphatic rings. The number of rotatable bonds is 11. The predicted molar refractivity (Wildman–Crippen MR) is 279 cm³/mol. The van der Waals surface area contributed by atoms with Crippen molar-refractivity contribution in [2.45, 2.75) is 176 Å². The van der Waals surface area contributed by atoms with E-state index in [-0.39, 0.29) is 66.6 Å². The molecular formula is C59H76F2O9S3. The number of benzene rings is 2. The van der Waals surface area contributed by atoms with Crippen molar-refractivity contribution < 1.29 is 50.3 Å². The molecule has 2 aromatic rings. The van der Waals surface area contributed by atoms with Crippen molar-refractivity contribution in [3.05, 3.63) is 59.2 Å². The Bertz CT molecular complexity index is 2530. The van der Waals surface area contributed by atoms with Gasteiger partial charge in [-0.15, -0.1) is 23.5 Å². The molecule has 15 rings (SSSR count). The highest BCUT2D eigenvalue weighted by atomic mass is 32.2. The fraction of sp³-hybridized carbons (Fsp3) is 0.746. The SMILES string of the molecule is CC(C)(C)c1ccc(-c2ccc(C(C)(C)C)cc2C2C3CC4CC2(OC(=O)C(F)(F)S(=O)(=O)O)CC(C3)C42SCC(COC(=O)C34CC5CC(CC(C5)C3)C4)(COC(=O)C34CC5CC(CC(C5)C3)C4)CS2)cc1. The summed E-state index contributed by atoms with van der Waals surface area (Å²) < 4.78 is 84.1. The monoisotopic (exact) mass is 1060 g/mol. The second-order valence-electron chi connectivity index (χ2n) is 28.2. The summed E-state index contributed by atoms with van der Waals surface area (Å²) in [6.45, 7) is 13.2. The number of hydrogen-bond acceptors (Lipinski definition) is 10. The summed E-state index contributed by atoms with van der Waals surface area (Å²) in [4.78, 5) is 42.8. The summed E-state index contributed by atoms with van der Waals surface area (Å²) in [5.74, 6) is 1.40. The molecule has 0 aromatic heterocycles. The first-order valence-electron chi connectivity index (χ1n) is 27.7. The molecule has 398 valence electrons. The normalized spacial score (nSPS) is 41.1. The van der Waals surface area contributed by atoms with Gasteiger partial charge in [0.15, 0.2) is 0 Å². The van der Waals surface area contributed by atoms with Crippen molar-refractivity contribution in [3.8, 4) is 11.1 Å². The largest absolute Gasteiger partial charge is 0.465 e. The van der Waals surface area contributed by atoms with Gasteiger partial charge >= 0.3 is 33.3 Å². The lowest BCUT2D eigenvalue weighted by Gasteiger charge is -2.68. The molecule has 0 amide bonds. The minimum absolute atomic E-state index is 0.0835. The van der Waals surface area contributed by atoms with Crippen LogP contribution in [0.15, 0.2) is 42.5 Å². The number of carbonyl (C=O) groups excluding carboxylic acids is 3. The van der Waals surface area contributed by atoms with Crippen LogP contribution in [0.25, 0.3) is 11.1 Å². The van der Waals surface area contributed by atoms with E-state index < -0.39 is 53.2 Å². The van der Waals surface area contributed by atoms with E-state index in [0.29, 0.717) is 47.0 Å². The molecule has 12 saturated carbocycles. The Balaban J connectivity index is 0.859. The predicted octanol–water partition coefficient (Wildman–Crippen LogP) is 12.9. The van der Waals surface area contributed by atoms with Gasteiger partial charge in [0.2, 0.25) is 0 Å². The highest BCUT2D eigenvalue weighted by Gasteiger charge is 2.71. The third-order valence-electron chi connectivity index (χ3n) is 20.9. The van der Waals surface area contributed by atoms with Crippen molar-refractivity contribution in [1.29, 1.82) is 0 Å². The van der Waals surface area contributed by atoms with Crippen molar-refractivity contribution in [2.75, 3.05) is 24.7 Å². The summed E-state index contributed by atoms with van der Waals surface area (Å²) in [5, 5.41) is -5.16. The van der Waals surface area contributed by atoms with E-state index in [1.54, 1.807) is 0 Å². The van der Waals surface area contributed by atoms with Crippen molar-refractivity contribution >= 4 is 51.5 Å². The van der Waals surface area contributed by atoms with Gasteiger partial charge in [0.1, 0.15) is 18.8 Å². The lowest BCUT2D eigenvalue weighted by atomic mass is 9.47. The first-order chi connectivity index (χ1) is 34.2. The Morgan fingerprint density at radius 1 is 0.630 bits per heavy atom. The summed E-state index contributed by atoms with van der Waals surface area (Å²) >= 11 is 3.64. The van der Waals surface area contributed by atoms with E-state index >= 15 is 8.78 Å². The summed E-state index contributed by atoms with van der Waals surface area (Å²) in [7, 11) is -6.14. The fourth-order valence-corrected chi connectivity index (χ4v) is 22.6. The zero-order chi connectivity index (χ0) is 51.5. The third kappa shape index (κ3) is 8.49. The molecule has 1 spiro atoms. The summed E-state index contributed by atoms with van der Waals surface area (Å²) in [6.07, 6.45) is 14.7. The van der Waals surface area contributed by atoms with Gasteiger partial charge in [-0.25, -0.2) is 4.79 Å². The zero-order valence-electron chi connectivity index (χ0n) is 43.7. The molecule has 73 heavy (non-hydrogen) atoms. The molecule has 13 fully saturated rings. The van der Waals surface area contributed by atoms with E-state index in [4.69, 9.17) is 14.2 Å². The number of halogens is 2.